The molecule has 0 atom stereocenters. The molecule has 0 fully saturated rings. The monoisotopic (exact) mass is 313 g/mol. The average molecular weight is 313 g/mol. The number of pyridine rings is 1. The number of ether oxygens (including phenoxy) is 1. The van der Waals surface area contributed by atoms with Gasteiger partial charge in [-0.1, -0.05) is 12.1 Å². The van der Waals surface area contributed by atoms with Gasteiger partial charge in [-0.15, -0.1) is 0 Å². The van der Waals surface area contributed by atoms with Crippen molar-refractivity contribution in [3.63, 3.8) is 0 Å². The van der Waals surface area contributed by atoms with E-state index in [2.05, 4.69) is 9.72 Å². The molecule has 1 aliphatic rings. The van der Waals surface area contributed by atoms with Crippen LogP contribution in [0, 0.1) is 17.0 Å². The third-order valence-corrected chi connectivity index (χ3v) is 3.86. The Bertz CT molecular complexity index is 804. The predicted octanol–water partition coefficient (Wildman–Crippen LogP) is 2.78. The number of esters is 1. The van der Waals surface area contributed by atoms with Gasteiger partial charge in [0.15, 0.2) is 0 Å². The number of nitrogens with zero attached hydrogens (tertiary/aromatic N) is 3. The van der Waals surface area contributed by atoms with Crippen molar-refractivity contribution in [3.05, 3.63) is 57.3 Å². The molecule has 0 spiro atoms. The van der Waals surface area contributed by atoms with E-state index in [4.69, 9.17) is 0 Å². The lowest BCUT2D eigenvalue weighted by Gasteiger charge is -2.18. The zero-order chi connectivity index (χ0) is 16.6. The summed E-state index contributed by atoms with van der Waals surface area (Å²) in [6.45, 7) is 2.59. The van der Waals surface area contributed by atoms with Crippen LogP contribution >= 0.6 is 0 Å². The van der Waals surface area contributed by atoms with Gasteiger partial charge in [-0.05, 0) is 30.5 Å². The first-order chi connectivity index (χ1) is 11.0. The third kappa shape index (κ3) is 2.61. The van der Waals surface area contributed by atoms with Crippen molar-refractivity contribution in [2.75, 3.05) is 18.6 Å². The van der Waals surface area contributed by atoms with Crippen LogP contribution in [0.25, 0.3) is 0 Å². The number of nitro groups is 1. The van der Waals surface area contributed by atoms with Gasteiger partial charge in [0.05, 0.1) is 17.6 Å². The van der Waals surface area contributed by atoms with Crippen LogP contribution in [0.2, 0.25) is 0 Å². The Labute approximate surface area is 132 Å². The summed E-state index contributed by atoms with van der Waals surface area (Å²) in [5.74, 6) is -0.406. The summed E-state index contributed by atoms with van der Waals surface area (Å²) in [6, 6.07) is 7.24. The van der Waals surface area contributed by atoms with Crippen LogP contribution in [0.4, 0.5) is 17.2 Å². The number of anilines is 2. The lowest BCUT2D eigenvalue weighted by Crippen LogP contribution is -2.17. The number of aryl methyl sites for hydroxylation is 1. The summed E-state index contributed by atoms with van der Waals surface area (Å²) in [7, 11) is 1.22. The maximum absolute atomic E-state index is 11.6. The minimum absolute atomic E-state index is 0.0617. The number of hydrogen-bond donors (Lipinski definition) is 0. The summed E-state index contributed by atoms with van der Waals surface area (Å²) < 4.78 is 4.59. The van der Waals surface area contributed by atoms with Gasteiger partial charge < -0.3 is 9.64 Å². The van der Waals surface area contributed by atoms with Gasteiger partial charge >= 0.3 is 11.7 Å². The second kappa shape index (κ2) is 5.68. The van der Waals surface area contributed by atoms with Crippen LogP contribution in [-0.2, 0) is 11.2 Å². The van der Waals surface area contributed by atoms with Gasteiger partial charge in [0, 0.05) is 24.5 Å². The van der Waals surface area contributed by atoms with Crippen LogP contribution < -0.4 is 4.90 Å². The van der Waals surface area contributed by atoms with Crippen molar-refractivity contribution in [1.82, 2.24) is 4.98 Å². The number of carbonyl (C=O) groups excluding carboxylic acids is 1. The summed E-state index contributed by atoms with van der Waals surface area (Å²) in [5.41, 5.74) is 2.98. The van der Waals surface area contributed by atoms with Crippen LogP contribution in [-0.4, -0.2) is 29.5 Å². The number of aromatic nitrogens is 1. The first kappa shape index (κ1) is 15.0. The lowest BCUT2D eigenvalue weighted by atomic mass is 10.1. The normalized spacial score (nSPS) is 12.9. The predicted molar refractivity (Wildman–Crippen MR) is 84.1 cm³/mol. The summed E-state index contributed by atoms with van der Waals surface area (Å²) >= 11 is 0. The van der Waals surface area contributed by atoms with Gasteiger partial charge in [-0.2, -0.15) is 0 Å². The summed E-state index contributed by atoms with van der Waals surface area (Å²) in [4.78, 5) is 28.4. The number of hydrogen-bond acceptors (Lipinski definition) is 6. The fourth-order valence-electron chi connectivity index (χ4n) is 2.73. The van der Waals surface area contributed by atoms with Crippen molar-refractivity contribution in [1.29, 1.82) is 0 Å². The van der Waals surface area contributed by atoms with E-state index in [0.717, 1.165) is 23.2 Å². The Morgan fingerprint density at radius 1 is 1.39 bits per heavy atom. The molecular weight excluding hydrogens is 298 g/mol. The lowest BCUT2D eigenvalue weighted by molar-refractivity contribution is -0.384. The van der Waals surface area contributed by atoms with E-state index in [1.54, 1.807) is 0 Å². The van der Waals surface area contributed by atoms with Crippen molar-refractivity contribution in [2.24, 2.45) is 0 Å². The average Bonchev–Trinajstić information content (AvgIpc) is 2.96. The molecule has 0 saturated heterocycles. The van der Waals surface area contributed by atoms with E-state index in [0.29, 0.717) is 6.54 Å². The Hall–Kier alpha value is -2.96. The second-order valence-electron chi connectivity index (χ2n) is 5.35. The quantitative estimate of drug-likeness (QED) is 0.492. The molecule has 7 heteroatoms. The minimum atomic E-state index is -0.648. The molecule has 2 heterocycles. The smallest absolute Gasteiger partial charge is 0.339 e. The SMILES string of the molecule is COC(=O)c1cnc(N2CCc3ccc(C)cc32)c([N+](=O)[O-])c1. The summed E-state index contributed by atoms with van der Waals surface area (Å²) in [6.07, 6.45) is 2.11. The molecule has 0 N–H and O–H groups in total. The maximum atomic E-state index is 11.6. The first-order valence-electron chi connectivity index (χ1n) is 7.11. The van der Waals surface area contributed by atoms with E-state index in [1.165, 1.54) is 19.4 Å². The van der Waals surface area contributed by atoms with Crippen molar-refractivity contribution in [3.8, 4) is 0 Å². The highest BCUT2D eigenvalue weighted by Gasteiger charge is 2.29. The highest BCUT2D eigenvalue weighted by molar-refractivity contribution is 5.91. The second-order valence-corrected chi connectivity index (χ2v) is 5.35. The van der Waals surface area contributed by atoms with E-state index in [9.17, 15) is 14.9 Å². The van der Waals surface area contributed by atoms with Crippen LogP contribution in [0.5, 0.6) is 0 Å². The fourth-order valence-corrected chi connectivity index (χ4v) is 2.73. The molecule has 1 aromatic carbocycles. The molecule has 0 aliphatic carbocycles. The molecule has 0 bridgehead atoms. The summed E-state index contributed by atoms with van der Waals surface area (Å²) in [5, 5.41) is 11.4. The standard InChI is InChI=1S/C16H15N3O4/c1-10-3-4-11-5-6-18(13(11)7-10)15-14(19(21)22)8-12(9-17-15)16(20)23-2/h3-4,7-9H,5-6H2,1-2H3. The molecule has 0 saturated carbocycles. The largest absolute Gasteiger partial charge is 0.465 e. The molecular formula is C16H15N3O4. The van der Waals surface area contributed by atoms with E-state index in [-0.39, 0.29) is 17.1 Å². The molecule has 0 radical (unpaired) electrons. The zero-order valence-electron chi connectivity index (χ0n) is 12.8. The molecule has 1 aromatic heterocycles. The Kier molecular flexibility index (Phi) is 3.69. The number of carbonyl (C=O) groups is 1. The topological polar surface area (TPSA) is 85.6 Å². The highest BCUT2D eigenvalue weighted by Crippen LogP contribution is 2.38. The molecule has 3 rings (SSSR count). The molecule has 0 amide bonds. The fraction of sp³-hybridized carbons (Fsp3) is 0.250. The van der Waals surface area contributed by atoms with Gasteiger partial charge in [-0.25, -0.2) is 9.78 Å². The first-order valence-corrected chi connectivity index (χ1v) is 7.11. The number of methoxy groups -OCH3 is 1. The van der Waals surface area contributed by atoms with E-state index in [1.807, 2.05) is 30.0 Å². The number of rotatable bonds is 3. The number of benzene rings is 1. The molecule has 23 heavy (non-hydrogen) atoms. The van der Waals surface area contributed by atoms with Gasteiger partial charge in [-0.3, -0.25) is 10.1 Å². The third-order valence-electron chi connectivity index (χ3n) is 3.86. The van der Waals surface area contributed by atoms with E-state index >= 15 is 0 Å². The van der Waals surface area contributed by atoms with Crippen molar-refractivity contribution >= 4 is 23.2 Å². The Morgan fingerprint density at radius 2 is 2.17 bits per heavy atom. The van der Waals surface area contributed by atoms with Crippen LogP contribution in [0.3, 0.4) is 0 Å². The minimum Gasteiger partial charge on any atom is -0.465 e. The van der Waals surface area contributed by atoms with Crippen molar-refractivity contribution in [2.45, 2.75) is 13.3 Å². The van der Waals surface area contributed by atoms with Crippen LogP contribution in [0.15, 0.2) is 30.5 Å². The van der Waals surface area contributed by atoms with Gasteiger partial charge in [0.1, 0.15) is 0 Å². The number of fused-ring (bicyclic) bond motifs is 1. The molecule has 1 aliphatic heterocycles. The van der Waals surface area contributed by atoms with Gasteiger partial charge in [0.2, 0.25) is 5.82 Å². The molecule has 118 valence electrons. The Balaban J connectivity index is 2.09. The van der Waals surface area contributed by atoms with Crippen LogP contribution in [0.1, 0.15) is 21.5 Å². The van der Waals surface area contributed by atoms with E-state index < -0.39 is 10.9 Å². The van der Waals surface area contributed by atoms with Crippen molar-refractivity contribution < 1.29 is 14.5 Å². The highest BCUT2D eigenvalue weighted by atomic mass is 16.6. The molecule has 2 aromatic rings. The zero-order valence-corrected chi connectivity index (χ0v) is 12.8. The van der Waals surface area contributed by atoms with Gasteiger partial charge in [0.25, 0.3) is 0 Å². The Morgan fingerprint density at radius 3 is 2.87 bits per heavy atom. The maximum Gasteiger partial charge on any atom is 0.339 e. The molecule has 0 unspecified atom stereocenters. The molecule has 7 nitrogen and oxygen atoms in total.